The fourth-order valence-electron chi connectivity index (χ4n) is 5.17. The van der Waals surface area contributed by atoms with Crippen molar-refractivity contribution in [1.82, 2.24) is 25.1 Å². The number of nitrogens with one attached hydrogen (secondary N) is 1. The highest BCUT2D eigenvalue weighted by Crippen LogP contribution is 2.32. The van der Waals surface area contributed by atoms with Crippen molar-refractivity contribution in [3.63, 3.8) is 0 Å². The van der Waals surface area contributed by atoms with Crippen LogP contribution in [0.2, 0.25) is 0 Å². The summed E-state index contributed by atoms with van der Waals surface area (Å²) in [6.07, 6.45) is 1.75. The van der Waals surface area contributed by atoms with Crippen molar-refractivity contribution in [2.75, 3.05) is 38.8 Å². The molecule has 0 aromatic heterocycles. The Labute approximate surface area is 233 Å². The summed E-state index contributed by atoms with van der Waals surface area (Å²) in [5, 5.41) is 6.12. The highest BCUT2D eigenvalue weighted by molar-refractivity contribution is 7.98. The average molecular weight is 558 g/mol. The molecule has 9 nitrogen and oxygen atoms in total. The summed E-state index contributed by atoms with van der Waals surface area (Å²) in [6, 6.07) is 12.1. The molecule has 2 aliphatic rings. The van der Waals surface area contributed by atoms with Crippen molar-refractivity contribution in [3.05, 3.63) is 65.5 Å². The Hall–Kier alpha value is -3.31. The maximum Gasteiger partial charge on any atom is 0.334 e. The number of urea groups is 1. The quantitative estimate of drug-likeness (QED) is 0.508. The number of hydrazine groups is 1. The van der Waals surface area contributed by atoms with Gasteiger partial charge in [0.2, 0.25) is 11.8 Å². The Kier molecular flexibility index (Phi) is 9.34. The number of likely N-dealkylation sites (N-methyl/N-ethyl adjacent to an activating group) is 1. The highest BCUT2D eigenvalue weighted by atomic mass is 32.2. The largest absolute Gasteiger partial charge is 0.494 e. The van der Waals surface area contributed by atoms with Gasteiger partial charge in [-0.05, 0) is 67.7 Å². The van der Waals surface area contributed by atoms with Gasteiger partial charge in [-0.1, -0.05) is 24.3 Å². The van der Waals surface area contributed by atoms with Gasteiger partial charge < -0.3 is 19.9 Å². The Bertz CT molecular complexity index is 1170. The lowest BCUT2D eigenvalue weighted by atomic mass is 9.99. The van der Waals surface area contributed by atoms with E-state index in [4.69, 9.17) is 4.74 Å². The third-order valence-electron chi connectivity index (χ3n) is 7.19. The number of fused-ring (bicyclic) bond motifs is 1. The molecule has 2 saturated heterocycles. The predicted molar refractivity (Wildman–Crippen MR) is 148 cm³/mol. The zero-order valence-electron chi connectivity index (χ0n) is 22.8. The molecule has 3 atom stereocenters. The van der Waals surface area contributed by atoms with Crippen LogP contribution >= 0.6 is 11.8 Å². The van der Waals surface area contributed by atoms with E-state index in [1.165, 1.54) is 12.1 Å². The molecule has 2 fully saturated rings. The minimum absolute atomic E-state index is 0.0104. The second kappa shape index (κ2) is 12.7. The number of amides is 4. The molecule has 39 heavy (non-hydrogen) atoms. The monoisotopic (exact) mass is 557 g/mol. The van der Waals surface area contributed by atoms with E-state index in [9.17, 15) is 18.8 Å². The number of nitrogens with zero attached hydrogens (tertiary/aromatic N) is 4. The summed E-state index contributed by atoms with van der Waals surface area (Å²) in [5.41, 5.74) is 1.69. The van der Waals surface area contributed by atoms with Gasteiger partial charge in [0.1, 0.15) is 23.8 Å². The number of ether oxygens (including phenoxy) is 1. The Balaban J connectivity index is 1.58. The molecule has 2 aliphatic heterocycles. The molecule has 11 heteroatoms. The van der Waals surface area contributed by atoms with Crippen molar-refractivity contribution in [1.29, 1.82) is 0 Å². The Morgan fingerprint density at radius 3 is 2.49 bits per heavy atom. The molecule has 1 N–H and O–H groups in total. The topological polar surface area (TPSA) is 85.4 Å². The lowest BCUT2D eigenvalue weighted by Crippen LogP contribution is -2.76. The van der Waals surface area contributed by atoms with E-state index in [1.807, 2.05) is 44.4 Å². The number of hydrogen-bond donors (Lipinski definition) is 1. The Morgan fingerprint density at radius 1 is 1.15 bits per heavy atom. The number of thioether (sulfide) groups is 1. The van der Waals surface area contributed by atoms with E-state index in [0.717, 1.165) is 16.9 Å². The van der Waals surface area contributed by atoms with Crippen molar-refractivity contribution >= 4 is 29.6 Å². The lowest BCUT2D eigenvalue weighted by Gasteiger charge is -2.55. The molecule has 0 aliphatic carbocycles. The summed E-state index contributed by atoms with van der Waals surface area (Å²) in [6.45, 7) is 4.80. The fraction of sp³-hybridized carbons (Fsp3) is 0.464. The summed E-state index contributed by atoms with van der Waals surface area (Å²) >= 11 is 1.60. The number of carbonyl (C=O) groups excluding carboxylic acids is 3. The van der Waals surface area contributed by atoms with Crippen LogP contribution in [-0.2, 0) is 16.1 Å². The van der Waals surface area contributed by atoms with Gasteiger partial charge in [0.25, 0.3) is 0 Å². The van der Waals surface area contributed by atoms with Crippen molar-refractivity contribution in [2.45, 2.75) is 45.1 Å². The Morgan fingerprint density at radius 2 is 1.85 bits per heavy atom. The lowest BCUT2D eigenvalue weighted by molar-refractivity contribution is -0.189. The van der Waals surface area contributed by atoms with Crippen LogP contribution in [0.5, 0.6) is 5.75 Å². The third-order valence-corrected chi connectivity index (χ3v) is 7.83. The maximum atomic E-state index is 13.8. The molecule has 2 heterocycles. The second-order valence-electron chi connectivity index (χ2n) is 9.69. The molecule has 4 amide bonds. The van der Waals surface area contributed by atoms with Crippen molar-refractivity contribution < 1.29 is 23.5 Å². The van der Waals surface area contributed by atoms with Crippen LogP contribution in [0, 0.1) is 5.82 Å². The number of benzene rings is 2. The number of rotatable bonds is 9. The van der Waals surface area contributed by atoms with E-state index >= 15 is 0 Å². The van der Waals surface area contributed by atoms with Gasteiger partial charge in [-0.15, -0.1) is 0 Å². The zero-order chi connectivity index (χ0) is 28.1. The molecule has 210 valence electrons. The van der Waals surface area contributed by atoms with Gasteiger partial charge in [0, 0.05) is 13.6 Å². The normalized spacial score (nSPS) is 20.6. The number of carbonyl (C=O) groups is 3. The van der Waals surface area contributed by atoms with Crippen LogP contribution in [0.4, 0.5) is 9.18 Å². The molecular formula is C28H36FN5O4S. The van der Waals surface area contributed by atoms with Gasteiger partial charge in [0.05, 0.1) is 25.7 Å². The van der Waals surface area contributed by atoms with Gasteiger partial charge >= 0.3 is 6.03 Å². The SMILES string of the molecule is CCOc1ccc(CNC(=O)N2[C@H]3CN(C(C)c4ccc(F)cc4)C(=O)[C@H](CCSC)N3C(=O)CN2C)cc1. The molecule has 1 unspecified atom stereocenters. The minimum atomic E-state index is -0.693. The number of piperazine rings is 1. The molecule has 0 bridgehead atoms. The molecule has 0 spiro atoms. The van der Waals surface area contributed by atoms with E-state index < -0.39 is 12.2 Å². The zero-order valence-corrected chi connectivity index (χ0v) is 23.6. The first kappa shape index (κ1) is 28.7. The van der Waals surface area contributed by atoms with Crippen LogP contribution in [0.3, 0.4) is 0 Å². The summed E-state index contributed by atoms with van der Waals surface area (Å²) in [7, 11) is 1.70. The average Bonchev–Trinajstić information content (AvgIpc) is 2.92. The summed E-state index contributed by atoms with van der Waals surface area (Å²) < 4.78 is 19.1. The molecule has 2 aromatic carbocycles. The van der Waals surface area contributed by atoms with E-state index in [-0.39, 0.29) is 42.8 Å². The van der Waals surface area contributed by atoms with Crippen LogP contribution in [-0.4, -0.2) is 88.6 Å². The number of halogens is 1. The van der Waals surface area contributed by atoms with Gasteiger partial charge in [0.15, 0.2) is 0 Å². The van der Waals surface area contributed by atoms with E-state index in [2.05, 4.69) is 5.32 Å². The third kappa shape index (κ3) is 6.30. The van der Waals surface area contributed by atoms with Gasteiger partial charge in [-0.3, -0.25) is 9.59 Å². The predicted octanol–water partition coefficient (Wildman–Crippen LogP) is 3.48. The van der Waals surface area contributed by atoms with Crippen molar-refractivity contribution in [3.8, 4) is 5.75 Å². The first-order chi connectivity index (χ1) is 18.7. The van der Waals surface area contributed by atoms with Crippen LogP contribution in [0.15, 0.2) is 48.5 Å². The fourth-order valence-corrected chi connectivity index (χ4v) is 5.63. The molecular weight excluding hydrogens is 521 g/mol. The molecule has 0 saturated carbocycles. The summed E-state index contributed by atoms with van der Waals surface area (Å²) in [5.74, 6) is 0.744. The molecule has 0 radical (unpaired) electrons. The first-order valence-corrected chi connectivity index (χ1v) is 14.5. The van der Waals surface area contributed by atoms with Crippen LogP contribution in [0.1, 0.15) is 37.4 Å². The van der Waals surface area contributed by atoms with Gasteiger partial charge in [-0.2, -0.15) is 11.8 Å². The minimum Gasteiger partial charge on any atom is -0.494 e. The van der Waals surface area contributed by atoms with E-state index in [1.54, 1.807) is 50.8 Å². The van der Waals surface area contributed by atoms with Crippen LogP contribution < -0.4 is 10.1 Å². The second-order valence-corrected chi connectivity index (χ2v) is 10.7. The summed E-state index contributed by atoms with van der Waals surface area (Å²) in [4.78, 5) is 43.9. The standard InChI is InChI=1S/C28H36FN5O4S/c1-5-38-23-12-6-20(7-13-23)16-30-28(37)34-25-17-32(19(2)21-8-10-22(29)11-9-21)27(36)24(14-15-39-4)33(25)26(35)18-31(34)3/h6-13,19,24-25H,5,14-18H2,1-4H3,(H,30,37)/t19?,24-,25-/m0/s1. The smallest absolute Gasteiger partial charge is 0.334 e. The van der Waals surface area contributed by atoms with E-state index in [0.29, 0.717) is 25.3 Å². The first-order valence-electron chi connectivity index (χ1n) is 13.1. The molecule has 4 rings (SSSR count). The maximum absolute atomic E-state index is 13.8. The number of hydrogen-bond acceptors (Lipinski definition) is 6. The van der Waals surface area contributed by atoms with Gasteiger partial charge in [-0.25, -0.2) is 19.2 Å². The highest BCUT2D eigenvalue weighted by Gasteiger charge is 2.51. The molecule has 2 aromatic rings. The van der Waals surface area contributed by atoms with Crippen LogP contribution in [0.25, 0.3) is 0 Å². The van der Waals surface area contributed by atoms with Crippen molar-refractivity contribution in [2.24, 2.45) is 0 Å².